The maximum atomic E-state index is 11.7. The van der Waals surface area contributed by atoms with E-state index in [4.69, 9.17) is 10.5 Å². The van der Waals surface area contributed by atoms with Crippen molar-refractivity contribution in [3.8, 4) is 5.75 Å². The van der Waals surface area contributed by atoms with E-state index in [9.17, 15) is 4.79 Å². The lowest BCUT2D eigenvalue weighted by molar-refractivity contribution is -0.124. The van der Waals surface area contributed by atoms with Gasteiger partial charge < -0.3 is 15.8 Å². The number of rotatable bonds is 5. The van der Waals surface area contributed by atoms with Gasteiger partial charge in [-0.15, -0.1) is 0 Å². The van der Waals surface area contributed by atoms with Gasteiger partial charge in [0.05, 0.1) is 0 Å². The van der Waals surface area contributed by atoms with Crippen molar-refractivity contribution >= 4 is 5.91 Å². The lowest BCUT2D eigenvalue weighted by Gasteiger charge is -2.30. The molecule has 1 aromatic carbocycles. The Bertz CT molecular complexity index is 371. The minimum atomic E-state index is -0.149. The molecule has 0 radical (unpaired) electrons. The van der Waals surface area contributed by atoms with Crippen LogP contribution in [0.15, 0.2) is 30.3 Å². The fourth-order valence-corrected chi connectivity index (χ4v) is 1.53. The molecule has 0 saturated carbocycles. The number of amides is 1. The molecule has 0 aliphatic heterocycles. The van der Waals surface area contributed by atoms with Crippen LogP contribution >= 0.6 is 0 Å². The summed E-state index contributed by atoms with van der Waals surface area (Å²) in [5, 5.41) is 2.89. The van der Waals surface area contributed by atoms with Crippen LogP contribution in [0.2, 0.25) is 0 Å². The van der Waals surface area contributed by atoms with Gasteiger partial charge in [-0.3, -0.25) is 4.79 Å². The summed E-state index contributed by atoms with van der Waals surface area (Å²) in [6, 6.07) is 9.21. The molecule has 0 aromatic heterocycles. The molecule has 0 aliphatic carbocycles. The second-order valence-electron chi connectivity index (χ2n) is 5.32. The summed E-state index contributed by atoms with van der Waals surface area (Å²) in [6.45, 7) is 6.56. The van der Waals surface area contributed by atoms with Crippen LogP contribution in [0, 0.1) is 5.41 Å². The molecule has 3 N–H and O–H groups in total. The third-order valence-corrected chi connectivity index (χ3v) is 2.73. The lowest BCUT2D eigenvalue weighted by Crippen LogP contribution is -2.49. The van der Waals surface area contributed by atoms with Crippen molar-refractivity contribution in [2.45, 2.75) is 26.8 Å². The number of carbonyl (C=O) groups excluding carboxylic acids is 1. The molecule has 1 atom stereocenters. The molecule has 0 bridgehead atoms. The van der Waals surface area contributed by atoms with E-state index in [1.54, 1.807) is 0 Å². The van der Waals surface area contributed by atoms with Crippen LogP contribution in [-0.2, 0) is 4.79 Å². The van der Waals surface area contributed by atoms with Crippen LogP contribution in [0.5, 0.6) is 5.75 Å². The first kappa shape index (κ1) is 14.5. The minimum Gasteiger partial charge on any atom is -0.484 e. The predicted octanol–water partition coefficient (Wildman–Crippen LogP) is 1.55. The zero-order valence-corrected chi connectivity index (χ0v) is 11.3. The molecular formula is C14H22N2O2. The van der Waals surface area contributed by atoms with E-state index in [0.29, 0.717) is 12.3 Å². The van der Waals surface area contributed by atoms with E-state index in [2.05, 4.69) is 5.32 Å². The van der Waals surface area contributed by atoms with Crippen LogP contribution in [0.25, 0.3) is 0 Å². The quantitative estimate of drug-likeness (QED) is 0.833. The van der Waals surface area contributed by atoms with Crippen molar-refractivity contribution in [1.29, 1.82) is 0 Å². The molecule has 100 valence electrons. The van der Waals surface area contributed by atoms with E-state index in [1.165, 1.54) is 0 Å². The first-order chi connectivity index (χ1) is 8.43. The molecule has 1 unspecified atom stereocenters. The molecule has 0 fully saturated rings. The Kier molecular flexibility index (Phi) is 5.16. The smallest absolute Gasteiger partial charge is 0.258 e. The summed E-state index contributed by atoms with van der Waals surface area (Å²) in [6.07, 6.45) is 0. The summed E-state index contributed by atoms with van der Waals surface area (Å²) in [7, 11) is 0. The van der Waals surface area contributed by atoms with Crippen molar-refractivity contribution in [1.82, 2.24) is 5.32 Å². The van der Waals surface area contributed by atoms with Gasteiger partial charge in [0.2, 0.25) is 0 Å². The molecule has 1 rings (SSSR count). The molecule has 0 aliphatic rings. The highest BCUT2D eigenvalue weighted by molar-refractivity contribution is 5.77. The highest BCUT2D eigenvalue weighted by atomic mass is 16.5. The third-order valence-electron chi connectivity index (χ3n) is 2.73. The van der Waals surface area contributed by atoms with Crippen LogP contribution in [0.4, 0.5) is 0 Å². The van der Waals surface area contributed by atoms with Crippen molar-refractivity contribution in [3.05, 3.63) is 30.3 Å². The van der Waals surface area contributed by atoms with Gasteiger partial charge in [0.15, 0.2) is 6.61 Å². The second kappa shape index (κ2) is 6.40. The van der Waals surface area contributed by atoms with Crippen LogP contribution in [0.3, 0.4) is 0 Å². The van der Waals surface area contributed by atoms with Gasteiger partial charge in [-0.2, -0.15) is 0 Å². The Morgan fingerprint density at radius 1 is 1.33 bits per heavy atom. The maximum absolute atomic E-state index is 11.7. The van der Waals surface area contributed by atoms with E-state index in [0.717, 1.165) is 0 Å². The van der Waals surface area contributed by atoms with Crippen LogP contribution in [0.1, 0.15) is 20.8 Å². The summed E-state index contributed by atoms with van der Waals surface area (Å²) in [4.78, 5) is 11.7. The number of nitrogens with one attached hydrogen (secondary N) is 1. The summed E-state index contributed by atoms with van der Waals surface area (Å²) >= 11 is 0. The Morgan fingerprint density at radius 2 is 1.94 bits per heavy atom. The molecule has 18 heavy (non-hydrogen) atoms. The van der Waals surface area contributed by atoms with Crippen molar-refractivity contribution < 1.29 is 9.53 Å². The Morgan fingerprint density at radius 3 is 2.44 bits per heavy atom. The number of ether oxygens (including phenoxy) is 1. The number of para-hydroxylation sites is 1. The lowest BCUT2D eigenvalue weighted by atomic mass is 9.87. The van der Waals surface area contributed by atoms with Crippen molar-refractivity contribution in [3.63, 3.8) is 0 Å². The Labute approximate surface area is 109 Å². The highest BCUT2D eigenvalue weighted by Gasteiger charge is 2.24. The van der Waals surface area contributed by atoms with Gasteiger partial charge in [-0.05, 0) is 17.5 Å². The standard InChI is InChI=1S/C14H22N2O2/c1-14(2,3)12(9-15)16-13(17)10-18-11-7-5-4-6-8-11/h4-8,12H,9-10,15H2,1-3H3,(H,16,17). The van der Waals surface area contributed by atoms with E-state index in [1.807, 2.05) is 51.1 Å². The monoisotopic (exact) mass is 250 g/mol. The number of benzene rings is 1. The maximum Gasteiger partial charge on any atom is 0.258 e. The summed E-state index contributed by atoms with van der Waals surface area (Å²) in [5.74, 6) is 0.539. The van der Waals surface area contributed by atoms with Gasteiger partial charge >= 0.3 is 0 Å². The number of hydrogen-bond donors (Lipinski definition) is 2. The molecule has 0 spiro atoms. The van der Waals surface area contributed by atoms with Crippen molar-refractivity contribution in [2.24, 2.45) is 11.1 Å². The average molecular weight is 250 g/mol. The van der Waals surface area contributed by atoms with Gasteiger partial charge in [0.1, 0.15) is 5.75 Å². The normalized spacial score (nSPS) is 12.9. The number of hydrogen-bond acceptors (Lipinski definition) is 3. The zero-order valence-electron chi connectivity index (χ0n) is 11.3. The highest BCUT2D eigenvalue weighted by Crippen LogP contribution is 2.18. The largest absolute Gasteiger partial charge is 0.484 e. The SMILES string of the molecule is CC(C)(C)C(CN)NC(=O)COc1ccccc1. The molecule has 0 saturated heterocycles. The Balaban J connectivity index is 2.42. The van der Waals surface area contributed by atoms with Gasteiger partial charge in [0.25, 0.3) is 5.91 Å². The Hall–Kier alpha value is -1.55. The topological polar surface area (TPSA) is 64.3 Å². The van der Waals surface area contributed by atoms with Gasteiger partial charge in [0, 0.05) is 12.6 Å². The fraction of sp³-hybridized carbons (Fsp3) is 0.500. The molecular weight excluding hydrogens is 228 g/mol. The van der Waals surface area contributed by atoms with Crippen LogP contribution in [-0.4, -0.2) is 25.1 Å². The molecule has 4 nitrogen and oxygen atoms in total. The second-order valence-corrected chi connectivity index (χ2v) is 5.32. The molecule has 1 aromatic rings. The van der Waals surface area contributed by atoms with Crippen LogP contribution < -0.4 is 15.8 Å². The van der Waals surface area contributed by atoms with Gasteiger partial charge in [-0.25, -0.2) is 0 Å². The van der Waals surface area contributed by atoms with E-state index >= 15 is 0 Å². The predicted molar refractivity (Wildman–Crippen MR) is 72.4 cm³/mol. The first-order valence-electron chi connectivity index (χ1n) is 6.11. The number of nitrogens with two attached hydrogens (primary N) is 1. The van der Waals surface area contributed by atoms with Crippen molar-refractivity contribution in [2.75, 3.05) is 13.2 Å². The summed E-state index contributed by atoms with van der Waals surface area (Å²) in [5.41, 5.74) is 5.60. The first-order valence-corrected chi connectivity index (χ1v) is 6.11. The van der Waals surface area contributed by atoms with Gasteiger partial charge in [-0.1, -0.05) is 39.0 Å². The fourth-order valence-electron chi connectivity index (χ4n) is 1.53. The average Bonchev–Trinajstić information content (AvgIpc) is 2.33. The third kappa shape index (κ3) is 4.75. The zero-order chi connectivity index (χ0) is 13.6. The molecule has 1 amide bonds. The van der Waals surface area contributed by atoms with E-state index in [-0.39, 0.29) is 24.0 Å². The summed E-state index contributed by atoms with van der Waals surface area (Å²) < 4.78 is 5.37. The number of carbonyl (C=O) groups is 1. The van der Waals surface area contributed by atoms with E-state index < -0.39 is 0 Å². The molecule has 4 heteroatoms. The molecule has 0 heterocycles. The minimum absolute atomic E-state index is 0.0105.